The Morgan fingerprint density at radius 1 is 1.10 bits per heavy atom. The lowest BCUT2D eigenvalue weighted by atomic mass is 10.0. The van der Waals surface area contributed by atoms with Gasteiger partial charge in [0.25, 0.3) is 0 Å². The van der Waals surface area contributed by atoms with E-state index in [2.05, 4.69) is 84.5 Å². The maximum Gasteiger partial charge on any atom is 0.0318 e. The Balaban J connectivity index is 2.08. The van der Waals surface area contributed by atoms with E-state index >= 15 is 0 Å². The maximum atomic E-state index is 3.69. The summed E-state index contributed by atoms with van der Waals surface area (Å²) in [5, 5.41) is 3.35. The van der Waals surface area contributed by atoms with Crippen LogP contribution in [0, 0.1) is 0 Å². The Morgan fingerprint density at radius 3 is 2.38 bits per heavy atom. The summed E-state index contributed by atoms with van der Waals surface area (Å²) in [6.45, 7) is 8.49. The minimum absolute atomic E-state index is 0.584. The van der Waals surface area contributed by atoms with Gasteiger partial charge in [0.15, 0.2) is 0 Å². The van der Waals surface area contributed by atoms with Gasteiger partial charge in [-0.25, -0.2) is 0 Å². The van der Waals surface area contributed by atoms with Gasteiger partial charge < -0.3 is 5.32 Å². The molecule has 0 aliphatic rings. The van der Waals surface area contributed by atoms with E-state index in [4.69, 9.17) is 0 Å². The topological polar surface area (TPSA) is 12.0 Å². The van der Waals surface area contributed by atoms with Gasteiger partial charge in [-0.3, -0.25) is 0 Å². The molecular formula is C18H22BrNS. The standard InChI is InChI=1S/C18H22BrNS/c1-4-20-12-14-5-10-18(17(19)11-14)21-16-8-6-15(7-9-16)13(2)3/h5-11,13,20H,4,12H2,1-3H3. The van der Waals surface area contributed by atoms with Crippen molar-refractivity contribution in [3.8, 4) is 0 Å². The van der Waals surface area contributed by atoms with Gasteiger partial charge in [-0.15, -0.1) is 0 Å². The van der Waals surface area contributed by atoms with Crippen molar-refractivity contribution in [3.63, 3.8) is 0 Å². The first-order valence-corrected chi connectivity index (χ1v) is 8.98. The molecule has 0 atom stereocenters. The van der Waals surface area contributed by atoms with Crippen LogP contribution < -0.4 is 5.32 Å². The van der Waals surface area contributed by atoms with E-state index in [0.717, 1.165) is 17.6 Å². The molecule has 2 rings (SSSR count). The van der Waals surface area contributed by atoms with Gasteiger partial charge in [0.1, 0.15) is 0 Å². The second-order valence-electron chi connectivity index (χ2n) is 5.37. The highest BCUT2D eigenvalue weighted by Gasteiger charge is 2.05. The maximum absolute atomic E-state index is 3.69. The van der Waals surface area contributed by atoms with Crippen molar-refractivity contribution in [2.45, 2.75) is 43.0 Å². The summed E-state index contributed by atoms with van der Waals surface area (Å²) in [6.07, 6.45) is 0. The van der Waals surface area contributed by atoms with Crippen molar-refractivity contribution in [1.29, 1.82) is 0 Å². The minimum Gasteiger partial charge on any atom is -0.313 e. The molecule has 2 aromatic carbocycles. The Kier molecular flexibility index (Phi) is 6.34. The Hall–Kier alpha value is -0.770. The molecule has 21 heavy (non-hydrogen) atoms. The van der Waals surface area contributed by atoms with Crippen LogP contribution in [0.2, 0.25) is 0 Å². The third-order valence-electron chi connectivity index (χ3n) is 3.35. The zero-order chi connectivity index (χ0) is 15.2. The van der Waals surface area contributed by atoms with Gasteiger partial charge >= 0.3 is 0 Å². The van der Waals surface area contributed by atoms with Crippen molar-refractivity contribution in [2.24, 2.45) is 0 Å². The lowest BCUT2D eigenvalue weighted by Gasteiger charge is -2.09. The number of benzene rings is 2. The molecule has 0 unspecified atom stereocenters. The molecule has 0 aliphatic carbocycles. The van der Waals surface area contributed by atoms with Crippen molar-refractivity contribution in [1.82, 2.24) is 5.32 Å². The average molecular weight is 364 g/mol. The molecule has 0 saturated carbocycles. The summed E-state index contributed by atoms with van der Waals surface area (Å²) in [7, 11) is 0. The molecule has 0 aromatic heterocycles. The van der Waals surface area contributed by atoms with Gasteiger partial charge in [-0.1, -0.05) is 50.7 Å². The summed E-state index contributed by atoms with van der Waals surface area (Å²) < 4.78 is 1.16. The second-order valence-corrected chi connectivity index (χ2v) is 7.34. The number of rotatable bonds is 6. The zero-order valence-corrected chi connectivity index (χ0v) is 15.2. The fraction of sp³-hybridized carbons (Fsp3) is 0.333. The van der Waals surface area contributed by atoms with Crippen molar-refractivity contribution in [2.75, 3.05) is 6.54 Å². The molecule has 1 nitrogen and oxygen atoms in total. The van der Waals surface area contributed by atoms with E-state index in [1.54, 1.807) is 11.8 Å². The van der Waals surface area contributed by atoms with E-state index in [9.17, 15) is 0 Å². The number of nitrogens with one attached hydrogen (secondary N) is 1. The van der Waals surface area contributed by atoms with Gasteiger partial charge in [-0.2, -0.15) is 0 Å². The van der Waals surface area contributed by atoms with E-state index in [1.165, 1.54) is 20.9 Å². The van der Waals surface area contributed by atoms with Crippen LogP contribution in [0.15, 0.2) is 56.7 Å². The summed E-state index contributed by atoms with van der Waals surface area (Å²) in [5.74, 6) is 0.584. The summed E-state index contributed by atoms with van der Waals surface area (Å²) in [4.78, 5) is 2.53. The van der Waals surface area contributed by atoms with E-state index in [-0.39, 0.29) is 0 Å². The molecule has 0 radical (unpaired) electrons. The summed E-state index contributed by atoms with van der Waals surface area (Å²) >= 11 is 5.49. The molecule has 0 bridgehead atoms. The first kappa shape index (κ1) is 16.6. The molecule has 0 saturated heterocycles. The van der Waals surface area contributed by atoms with Crippen LogP contribution in [-0.2, 0) is 6.54 Å². The molecule has 112 valence electrons. The highest BCUT2D eigenvalue weighted by molar-refractivity contribution is 9.10. The molecule has 0 aliphatic heterocycles. The fourth-order valence-corrected chi connectivity index (χ4v) is 3.54. The van der Waals surface area contributed by atoms with Crippen LogP contribution in [0.4, 0.5) is 0 Å². The number of hydrogen-bond donors (Lipinski definition) is 1. The van der Waals surface area contributed by atoms with Gasteiger partial charge in [-0.05, 0) is 63.8 Å². The molecule has 2 aromatic rings. The average Bonchev–Trinajstić information content (AvgIpc) is 2.48. The largest absolute Gasteiger partial charge is 0.313 e. The minimum atomic E-state index is 0.584. The van der Waals surface area contributed by atoms with Crippen molar-refractivity contribution < 1.29 is 0 Å². The fourth-order valence-electron chi connectivity index (χ4n) is 2.05. The Labute approximate surface area is 140 Å². The highest BCUT2D eigenvalue weighted by atomic mass is 79.9. The van der Waals surface area contributed by atoms with Gasteiger partial charge in [0, 0.05) is 20.8 Å². The zero-order valence-electron chi connectivity index (χ0n) is 12.8. The first-order chi connectivity index (χ1) is 10.1. The molecule has 0 amide bonds. The second kappa shape index (κ2) is 8.02. The molecule has 0 heterocycles. The molecule has 3 heteroatoms. The Bertz CT molecular complexity index is 578. The van der Waals surface area contributed by atoms with Crippen LogP contribution in [0.25, 0.3) is 0 Å². The highest BCUT2D eigenvalue weighted by Crippen LogP contribution is 2.34. The third kappa shape index (κ3) is 4.87. The number of halogens is 1. The predicted octanol–water partition coefficient (Wildman–Crippen LogP) is 5.83. The quantitative estimate of drug-likeness (QED) is 0.692. The van der Waals surface area contributed by atoms with Crippen LogP contribution in [-0.4, -0.2) is 6.54 Å². The van der Waals surface area contributed by atoms with Gasteiger partial charge in [0.05, 0.1) is 0 Å². The lowest BCUT2D eigenvalue weighted by Crippen LogP contribution is -2.11. The summed E-state index contributed by atoms with van der Waals surface area (Å²) in [6, 6.07) is 15.4. The van der Waals surface area contributed by atoms with Crippen LogP contribution in [0.3, 0.4) is 0 Å². The number of hydrogen-bond acceptors (Lipinski definition) is 2. The lowest BCUT2D eigenvalue weighted by molar-refractivity contribution is 0.726. The smallest absolute Gasteiger partial charge is 0.0318 e. The molecule has 0 spiro atoms. The van der Waals surface area contributed by atoms with Crippen LogP contribution >= 0.6 is 27.7 Å². The van der Waals surface area contributed by atoms with E-state index in [0.29, 0.717) is 5.92 Å². The normalized spacial score (nSPS) is 11.1. The molecule has 1 N–H and O–H groups in total. The van der Waals surface area contributed by atoms with Crippen LogP contribution in [0.1, 0.15) is 37.8 Å². The summed E-state index contributed by atoms with van der Waals surface area (Å²) in [5.41, 5.74) is 2.70. The van der Waals surface area contributed by atoms with Crippen molar-refractivity contribution >= 4 is 27.7 Å². The van der Waals surface area contributed by atoms with Crippen molar-refractivity contribution in [3.05, 3.63) is 58.1 Å². The monoisotopic (exact) mass is 363 g/mol. The SMILES string of the molecule is CCNCc1ccc(Sc2ccc(C(C)C)cc2)c(Br)c1. The van der Waals surface area contributed by atoms with E-state index in [1.807, 2.05) is 0 Å². The van der Waals surface area contributed by atoms with Gasteiger partial charge in [0.2, 0.25) is 0 Å². The van der Waals surface area contributed by atoms with Crippen LogP contribution in [0.5, 0.6) is 0 Å². The Morgan fingerprint density at radius 2 is 1.81 bits per heavy atom. The van der Waals surface area contributed by atoms with E-state index < -0.39 is 0 Å². The molecule has 0 fully saturated rings. The third-order valence-corrected chi connectivity index (χ3v) is 5.35. The molecular weight excluding hydrogens is 342 g/mol. The predicted molar refractivity (Wildman–Crippen MR) is 96.2 cm³/mol. The first-order valence-electron chi connectivity index (χ1n) is 7.37.